The van der Waals surface area contributed by atoms with Crippen molar-refractivity contribution in [3.63, 3.8) is 0 Å². The van der Waals surface area contributed by atoms with E-state index in [-0.39, 0.29) is 6.04 Å². The highest BCUT2D eigenvalue weighted by Gasteiger charge is 2.35. The molecule has 0 saturated carbocycles. The Hall–Kier alpha value is -3.65. The number of aromatic nitrogens is 1. The number of furan rings is 1. The molecule has 8 nitrogen and oxygen atoms in total. The highest BCUT2D eigenvalue weighted by atomic mass is 16.6. The molecule has 3 heterocycles. The van der Waals surface area contributed by atoms with Gasteiger partial charge in [0.15, 0.2) is 0 Å². The molecule has 1 amide bonds. The zero-order valence-electron chi connectivity index (χ0n) is 19.6. The van der Waals surface area contributed by atoms with Crippen LogP contribution >= 0.6 is 0 Å². The Morgan fingerprint density at radius 1 is 1.26 bits per heavy atom. The van der Waals surface area contributed by atoms with Crippen molar-refractivity contribution in [2.24, 2.45) is 0 Å². The first-order valence-corrected chi connectivity index (χ1v) is 11.3. The molecule has 0 aliphatic carbocycles. The van der Waals surface area contributed by atoms with Crippen LogP contribution in [0.5, 0.6) is 0 Å². The summed E-state index contributed by atoms with van der Waals surface area (Å²) in [6, 6.07) is 11.5. The summed E-state index contributed by atoms with van der Waals surface area (Å²) in [7, 11) is 0. The zero-order chi connectivity index (χ0) is 24.3. The summed E-state index contributed by atoms with van der Waals surface area (Å²) in [6.07, 6.45) is 6.10. The van der Waals surface area contributed by atoms with Crippen molar-refractivity contribution in [2.75, 3.05) is 18.0 Å². The molecule has 1 fully saturated rings. The second-order valence-electron chi connectivity index (χ2n) is 9.44. The van der Waals surface area contributed by atoms with E-state index in [4.69, 9.17) is 14.3 Å². The van der Waals surface area contributed by atoms with Crippen molar-refractivity contribution in [3.8, 4) is 0 Å². The van der Waals surface area contributed by atoms with Gasteiger partial charge in [0.05, 0.1) is 12.3 Å². The summed E-state index contributed by atoms with van der Waals surface area (Å²) >= 11 is 0. The predicted octanol–water partition coefficient (Wildman–Crippen LogP) is 4.94. The maximum absolute atomic E-state index is 13.2. The molecule has 0 radical (unpaired) electrons. The van der Waals surface area contributed by atoms with Gasteiger partial charge in [0, 0.05) is 37.3 Å². The fourth-order valence-electron chi connectivity index (χ4n) is 4.09. The van der Waals surface area contributed by atoms with E-state index in [0.29, 0.717) is 17.9 Å². The fraction of sp³-hybridized carbons (Fsp3) is 0.346. The van der Waals surface area contributed by atoms with Crippen LogP contribution in [0.2, 0.25) is 0 Å². The summed E-state index contributed by atoms with van der Waals surface area (Å²) in [5.74, 6) is -0.550. The van der Waals surface area contributed by atoms with Gasteiger partial charge in [-0.15, -0.1) is 0 Å². The number of pyridine rings is 1. The number of ether oxygens (including phenoxy) is 1. The Labute approximate surface area is 198 Å². The first-order chi connectivity index (χ1) is 16.2. The van der Waals surface area contributed by atoms with Crippen LogP contribution in [0.4, 0.5) is 10.6 Å². The number of carboxylic acid groups (broad SMARTS) is 1. The van der Waals surface area contributed by atoms with Gasteiger partial charge in [-0.05, 0) is 74.7 Å². The first-order valence-electron chi connectivity index (χ1n) is 11.3. The van der Waals surface area contributed by atoms with E-state index in [2.05, 4.69) is 22.0 Å². The minimum Gasteiger partial charge on any atom is -0.478 e. The maximum atomic E-state index is 13.2. The van der Waals surface area contributed by atoms with Crippen LogP contribution in [-0.4, -0.2) is 51.8 Å². The van der Waals surface area contributed by atoms with E-state index < -0.39 is 17.7 Å². The van der Waals surface area contributed by atoms with E-state index in [0.717, 1.165) is 36.6 Å². The fourth-order valence-corrected chi connectivity index (χ4v) is 4.09. The van der Waals surface area contributed by atoms with Gasteiger partial charge in [-0.2, -0.15) is 0 Å². The van der Waals surface area contributed by atoms with Crippen molar-refractivity contribution < 1.29 is 23.8 Å². The second-order valence-corrected chi connectivity index (χ2v) is 9.44. The lowest BCUT2D eigenvalue weighted by Gasteiger charge is -2.31. The van der Waals surface area contributed by atoms with Crippen molar-refractivity contribution >= 4 is 34.9 Å². The predicted molar refractivity (Wildman–Crippen MR) is 130 cm³/mol. The SMILES string of the molecule is CC(C)(C)OC(=O)N(c1ccc(/C=C/C(=O)O)cn1)[C@@H]1CCN(Cc2ccc3occc3c2)C1. The number of carbonyl (C=O) groups excluding carboxylic acids is 1. The number of likely N-dealkylation sites (tertiary alicyclic amines) is 1. The number of nitrogens with zero attached hydrogens (tertiary/aromatic N) is 3. The lowest BCUT2D eigenvalue weighted by molar-refractivity contribution is -0.131. The number of aliphatic carboxylic acids is 1. The molecular weight excluding hydrogens is 434 g/mol. The minimum absolute atomic E-state index is 0.0968. The summed E-state index contributed by atoms with van der Waals surface area (Å²) in [4.78, 5) is 32.3. The minimum atomic E-state index is -1.03. The molecule has 1 N–H and O–H groups in total. The molecule has 1 saturated heterocycles. The van der Waals surface area contributed by atoms with Gasteiger partial charge in [0.2, 0.25) is 0 Å². The molecule has 4 rings (SSSR count). The number of hydrogen-bond acceptors (Lipinski definition) is 6. The Balaban J connectivity index is 1.51. The third-order valence-electron chi connectivity index (χ3n) is 5.56. The molecule has 178 valence electrons. The normalized spacial score (nSPS) is 16.9. The summed E-state index contributed by atoms with van der Waals surface area (Å²) in [6.45, 7) is 7.81. The highest BCUT2D eigenvalue weighted by Crippen LogP contribution is 2.26. The standard InChI is InChI=1S/C26H29N3O5/c1-26(2,3)34-25(32)29(23-8-5-18(15-27-23)6-9-24(30)31)21-10-12-28(17-21)16-19-4-7-22-20(14-19)11-13-33-22/h4-9,11,13-15,21H,10,12,16-17H2,1-3H3,(H,30,31)/b9-6+/t21-/m1/s1. The molecule has 1 aliphatic rings. The van der Waals surface area contributed by atoms with Gasteiger partial charge < -0.3 is 14.3 Å². The van der Waals surface area contributed by atoms with Crippen molar-refractivity contribution in [1.29, 1.82) is 0 Å². The summed E-state index contributed by atoms with van der Waals surface area (Å²) in [5, 5.41) is 9.90. The van der Waals surface area contributed by atoms with Crippen molar-refractivity contribution in [1.82, 2.24) is 9.88 Å². The number of hydrogen-bond donors (Lipinski definition) is 1. The van der Waals surface area contributed by atoms with Gasteiger partial charge in [-0.3, -0.25) is 9.80 Å². The lowest BCUT2D eigenvalue weighted by atomic mass is 10.1. The van der Waals surface area contributed by atoms with Crippen LogP contribution < -0.4 is 4.90 Å². The number of benzene rings is 1. The van der Waals surface area contributed by atoms with Gasteiger partial charge in [0.1, 0.15) is 17.0 Å². The van der Waals surface area contributed by atoms with E-state index >= 15 is 0 Å². The number of anilines is 1. The van der Waals surface area contributed by atoms with Gasteiger partial charge in [0.25, 0.3) is 0 Å². The number of rotatable bonds is 6. The molecule has 0 unspecified atom stereocenters. The van der Waals surface area contributed by atoms with E-state index in [1.807, 2.05) is 32.9 Å². The average molecular weight is 464 g/mol. The Morgan fingerprint density at radius 2 is 2.09 bits per heavy atom. The summed E-state index contributed by atoms with van der Waals surface area (Å²) < 4.78 is 11.1. The first kappa shape index (κ1) is 23.5. The molecule has 34 heavy (non-hydrogen) atoms. The molecular formula is C26H29N3O5. The number of amides is 1. The van der Waals surface area contributed by atoms with Crippen LogP contribution in [0.3, 0.4) is 0 Å². The molecule has 8 heteroatoms. The Morgan fingerprint density at radius 3 is 2.79 bits per heavy atom. The topological polar surface area (TPSA) is 96.1 Å². The second kappa shape index (κ2) is 9.69. The smallest absolute Gasteiger partial charge is 0.416 e. The largest absolute Gasteiger partial charge is 0.478 e. The average Bonchev–Trinajstić information content (AvgIpc) is 3.41. The molecule has 1 atom stereocenters. The molecule has 1 aromatic carbocycles. The molecule has 0 spiro atoms. The van der Waals surface area contributed by atoms with E-state index in [1.165, 1.54) is 11.6 Å². The number of fused-ring (bicyclic) bond motifs is 1. The summed E-state index contributed by atoms with van der Waals surface area (Å²) in [5.41, 5.74) is 2.05. The van der Waals surface area contributed by atoms with Crippen LogP contribution in [0.1, 0.15) is 38.3 Å². The monoisotopic (exact) mass is 463 g/mol. The van der Waals surface area contributed by atoms with Crippen LogP contribution in [0, 0.1) is 0 Å². The quantitative estimate of drug-likeness (QED) is 0.517. The zero-order valence-corrected chi connectivity index (χ0v) is 19.6. The maximum Gasteiger partial charge on any atom is 0.416 e. The molecule has 2 aromatic heterocycles. The third kappa shape index (κ3) is 5.82. The van der Waals surface area contributed by atoms with Crippen LogP contribution in [0.15, 0.2) is 59.4 Å². The molecule has 3 aromatic rings. The van der Waals surface area contributed by atoms with E-state index in [9.17, 15) is 9.59 Å². The third-order valence-corrected chi connectivity index (χ3v) is 5.56. The molecule has 0 bridgehead atoms. The van der Waals surface area contributed by atoms with Crippen LogP contribution in [0.25, 0.3) is 17.0 Å². The number of carbonyl (C=O) groups is 2. The Bertz CT molecular complexity index is 1190. The van der Waals surface area contributed by atoms with Gasteiger partial charge in [-0.25, -0.2) is 14.6 Å². The van der Waals surface area contributed by atoms with Gasteiger partial charge in [-0.1, -0.05) is 6.07 Å². The number of carboxylic acids is 1. The Kier molecular flexibility index (Phi) is 6.70. The van der Waals surface area contributed by atoms with Crippen molar-refractivity contribution in [2.45, 2.75) is 45.4 Å². The van der Waals surface area contributed by atoms with Crippen LogP contribution in [-0.2, 0) is 16.1 Å². The van der Waals surface area contributed by atoms with Crippen molar-refractivity contribution in [3.05, 3.63) is 66.1 Å². The highest BCUT2D eigenvalue weighted by molar-refractivity contribution is 5.88. The lowest BCUT2D eigenvalue weighted by Crippen LogP contribution is -2.45. The van der Waals surface area contributed by atoms with Gasteiger partial charge >= 0.3 is 12.1 Å². The molecule has 1 aliphatic heterocycles. The van der Waals surface area contributed by atoms with E-state index in [1.54, 1.807) is 29.5 Å².